The molecule has 0 unspecified atom stereocenters. The second-order valence-electron chi connectivity index (χ2n) is 5.13. The van der Waals surface area contributed by atoms with Crippen LogP contribution in [-0.4, -0.2) is 37.2 Å². The Hall–Kier alpha value is -2.76. The Morgan fingerprint density at radius 2 is 1.91 bits per heavy atom. The number of hydrogen-bond acceptors (Lipinski definition) is 4. The highest BCUT2D eigenvalue weighted by Crippen LogP contribution is 2.32. The normalized spacial score (nSPS) is 10.1. The molecule has 6 heteroatoms. The minimum absolute atomic E-state index is 0.217. The van der Waals surface area contributed by atoms with E-state index in [0.717, 1.165) is 11.3 Å². The van der Waals surface area contributed by atoms with Crippen molar-refractivity contribution < 1.29 is 14.3 Å². The fourth-order valence-electron chi connectivity index (χ4n) is 2.13. The van der Waals surface area contributed by atoms with E-state index in [-0.39, 0.29) is 6.03 Å². The van der Waals surface area contributed by atoms with E-state index in [4.69, 9.17) is 9.47 Å². The summed E-state index contributed by atoms with van der Waals surface area (Å²) in [7, 11) is 4.86. The molecule has 2 amide bonds. The summed E-state index contributed by atoms with van der Waals surface area (Å²) in [6.07, 6.45) is 1.71. The van der Waals surface area contributed by atoms with Crippen molar-refractivity contribution in [1.29, 1.82) is 0 Å². The molecule has 23 heavy (non-hydrogen) atoms. The summed E-state index contributed by atoms with van der Waals surface area (Å²) in [6, 6.07) is 8.98. The van der Waals surface area contributed by atoms with Crippen molar-refractivity contribution in [2.75, 3.05) is 26.6 Å². The Morgan fingerprint density at radius 1 is 1.22 bits per heavy atom. The van der Waals surface area contributed by atoms with Crippen LogP contribution in [0.4, 0.5) is 10.5 Å². The van der Waals surface area contributed by atoms with Gasteiger partial charge >= 0.3 is 6.03 Å². The Labute approximate surface area is 136 Å². The number of carbonyl (C=O) groups is 1. The molecule has 1 aromatic heterocycles. The maximum Gasteiger partial charge on any atom is 0.321 e. The molecule has 122 valence electrons. The molecule has 0 fully saturated rings. The Kier molecular flexibility index (Phi) is 5.41. The van der Waals surface area contributed by atoms with E-state index in [1.165, 1.54) is 0 Å². The molecule has 0 atom stereocenters. The topological polar surface area (TPSA) is 63.7 Å². The zero-order chi connectivity index (χ0) is 16.8. The van der Waals surface area contributed by atoms with Gasteiger partial charge in [0.1, 0.15) is 0 Å². The maximum absolute atomic E-state index is 12.3. The van der Waals surface area contributed by atoms with Crippen LogP contribution < -0.4 is 14.8 Å². The molecule has 0 radical (unpaired) electrons. The Bertz CT molecular complexity index is 674. The number of carbonyl (C=O) groups excluding carboxylic acids is 1. The summed E-state index contributed by atoms with van der Waals surface area (Å²) >= 11 is 0. The smallest absolute Gasteiger partial charge is 0.321 e. The van der Waals surface area contributed by atoms with Gasteiger partial charge in [-0.3, -0.25) is 4.98 Å². The van der Waals surface area contributed by atoms with E-state index < -0.39 is 0 Å². The molecule has 2 aromatic rings. The van der Waals surface area contributed by atoms with E-state index in [0.29, 0.717) is 23.7 Å². The van der Waals surface area contributed by atoms with Crippen molar-refractivity contribution in [3.05, 3.63) is 47.8 Å². The zero-order valence-electron chi connectivity index (χ0n) is 13.8. The van der Waals surface area contributed by atoms with Crippen molar-refractivity contribution in [1.82, 2.24) is 9.88 Å². The minimum atomic E-state index is -0.217. The van der Waals surface area contributed by atoms with Gasteiger partial charge in [-0.05, 0) is 30.7 Å². The molecule has 2 rings (SSSR count). The highest BCUT2D eigenvalue weighted by molar-refractivity contribution is 5.90. The number of methoxy groups -OCH3 is 2. The van der Waals surface area contributed by atoms with Gasteiger partial charge in [0, 0.05) is 25.0 Å². The number of urea groups is 1. The maximum atomic E-state index is 12.3. The summed E-state index contributed by atoms with van der Waals surface area (Å²) in [5.74, 6) is 1.20. The van der Waals surface area contributed by atoms with Gasteiger partial charge < -0.3 is 19.7 Å². The van der Waals surface area contributed by atoms with Gasteiger partial charge in [0.05, 0.1) is 26.5 Å². The number of amides is 2. The van der Waals surface area contributed by atoms with Gasteiger partial charge in [-0.25, -0.2) is 4.79 Å². The third-order valence-electron chi connectivity index (χ3n) is 3.44. The molecule has 0 aliphatic heterocycles. The number of aryl methyl sites for hydroxylation is 1. The lowest BCUT2D eigenvalue weighted by Crippen LogP contribution is -2.31. The molecule has 6 nitrogen and oxygen atoms in total. The average Bonchev–Trinajstić information content (AvgIpc) is 2.57. The van der Waals surface area contributed by atoms with Crippen molar-refractivity contribution in [3.63, 3.8) is 0 Å². The van der Waals surface area contributed by atoms with Crippen LogP contribution in [0.1, 0.15) is 11.3 Å². The van der Waals surface area contributed by atoms with Crippen LogP contribution >= 0.6 is 0 Å². The van der Waals surface area contributed by atoms with Gasteiger partial charge in [0.25, 0.3) is 0 Å². The Morgan fingerprint density at radius 3 is 2.52 bits per heavy atom. The van der Waals surface area contributed by atoms with Crippen LogP contribution in [0.5, 0.6) is 11.5 Å². The van der Waals surface area contributed by atoms with E-state index in [2.05, 4.69) is 10.3 Å². The van der Waals surface area contributed by atoms with Crippen LogP contribution in [0.2, 0.25) is 0 Å². The molecule has 0 aliphatic rings. The third kappa shape index (κ3) is 4.12. The van der Waals surface area contributed by atoms with Crippen molar-refractivity contribution in [2.24, 2.45) is 0 Å². The van der Waals surface area contributed by atoms with Crippen LogP contribution in [0.3, 0.4) is 0 Å². The van der Waals surface area contributed by atoms with Gasteiger partial charge in [0.15, 0.2) is 11.5 Å². The molecular formula is C17H21N3O3. The van der Waals surface area contributed by atoms with Gasteiger partial charge in [-0.2, -0.15) is 0 Å². The molecule has 1 aromatic carbocycles. The fourth-order valence-corrected chi connectivity index (χ4v) is 2.13. The molecular weight excluding hydrogens is 294 g/mol. The quantitative estimate of drug-likeness (QED) is 0.921. The molecule has 0 saturated carbocycles. The second-order valence-corrected chi connectivity index (χ2v) is 5.13. The summed E-state index contributed by atoms with van der Waals surface area (Å²) in [4.78, 5) is 18.1. The largest absolute Gasteiger partial charge is 0.493 e. The number of benzene rings is 1. The number of hydrogen-bond donors (Lipinski definition) is 1. The van der Waals surface area contributed by atoms with Crippen LogP contribution in [-0.2, 0) is 6.54 Å². The predicted molar refractivity (Wildman–Crippen MR) is 89.0 cm³/mol. The van der Waals surface area contributed by atoms with Crippen LogP contribution in [0.15, 0.2) is 36.5 Å². The summed E-state index contributed by atoms with van der Waals surface area (Å²) in [6.45, 7) is 2.33. The predicted octanol–water partition coefficient (Wildman–Crippen LogP) is 3.07. The standard InChI is InChI=1S/C17H21N3O3/c1-12-9-15(22-3)16(23-4)10-14(12)19-17(21)20(2)11-13-7-5-6-8-18-13/h5-10H,11H2,1-4H3,(H,19,21). The van der Waals surface area contributed by atoms with E-state index >= 15 is 0 Å². The number of nitrogens with one attached hydrogen (secondary N) is 1. The molecule has 0 aliphatic carbocycles. The monoisotopic (exact) mass is 315 g/mol. The van der Waals surface area contributed by atoms with E-state index in [9.17, 15) is 4.79 Å². The number of nitrogens with zero attached hydrogens (tertiary/aromatic N) is 2. The summed E-state index contributed by atoms with van der Waals surface area (Å²) in [5.41, 5.74) is 2.40. The first kappa shape index (κ1) is 16.6. The summed E-state index contributed by atoms with van der Waals surface area (Å²) < 4.78 is 10.5. The molecule has 1 N–H and O–H groups in total. The molecule has 0 saturated heterocycles. The van der Waals surface area contributed by atoms with Gasteiger partial charge in [-0.1, -0.05) is 6.07 Å². The van der Waals surface area contributed by atoms with Crippen LogP contribution in [0, 0.1) is 6.92 Å². The first-order chi connectivity index (χ1) is 11.0. The average molecular weight is 315 g/mol. The molecule has 0 spiro atoms. The lowest BCUT2D eigenvalue weighted by Gasteiger charge is -2.19. The van der Waals surface area contributed by atoms with Gasteiger partial charge in [-0.15, -0.1) is 0 Å². The SMILES string of the molecule is COc1cc(C)c(NC(=O)N(C)Cc2ccccn2)cc1OC. The highest BCUT2D eigenvalue weighted by Gasteiger charge is 2.14. The number of rotatable bonds is 5. The van der Waals surface area contributed by atoms with Crippen molar-refractivity contribution >= 4 is 11.7 Å². The van der Waals surface area contributed by atoms with Gasteiger partial charge in [0.2, 0.25) is 0 Å². The minimum Gasteiger partial charge on any atom is -0.493 e. The number of anilines is 1. The highest BCUT2D eigenvalue weighted by atomic mass is 16.5. The van der Waals surface area contributed by atoms with Crippen molar-refractivity contribution in [3.8, 4) is 11.5 Å². The first-order valence-electron chi connectivity index (χ1n) is 7.19. The number of ether oxygens (including phenoxy) is 2. The summed E-state index contributed by atoms with van der Waals surface area (Å²) in [5, 5.41) is 2.88. The van der Waals surface area contributed by atoms with Crippen molar-refractivity contribution in [2.45, 2.75) is 13.5 Å². The first-order valence-corrected chi connectivity index (χ1v) is 7.19. The number of aromatic nitrogens is 1. The Balaban J connectivity index is 2.10. The lowest BCUT2D eigenvalue weighted by molar-refractivity contribution is 0.220. The van der Waals surface area contributed by atoms with Crippen LogP contribution in [0.25, 0.3) is 0 Å². The van der Waals surface area contributed by atoms with E-state index in [1.807, 2.05) is 31.2 Å². The number of pyridine rings is 1. The lowest BCUT2D eigenvalue weighted by atomic mass is 10.1. The molecule has 1 heterocycles. The third-order valence-corrected chi connectivity index (χ3v) is 3.44. The molecule has 0 bridgehead atoms. The van der Waals surface area contributed by atoms with E-state index in [1.54, 1.807) is 38.4 Å². The second kappa shape index (κ2) is 7.49. The fraction of sp³-hybridized carbons (Fsp3) is 0.294. The zero-order valence-corrected chi connectivity index (χ0v) is 13.8.